The number of para-hydroxylation sites is 1. The molecule has 0 spiro atoms. The topological polar surface area (TPSA) is 48.1 Å². The molecule has 1 fully saturated rings. The zero-order chi connectivity index (χ0) is 20.4. The number of rotatable bonds is 6. The van der Waals surface area contributed by atoms with E-state index in [9.17, 15) is 4.79 Å². The first kappa shape index (κ1) is 20.2. The SMILES string of the molecule is C[C@H]1C[C@H](C)CN(C(=O)[C@@H](C)NC[C@@H](c2cccs2)c2c[nH]c3ccccc23)C1. The molecule has 0 bridgehead atoms. The van der Waals surface area contributed by atoms with Crippen LogP contribution in [0.2, 0.25) is 0 Å². The molecule has 29 heavy (non-hydrogen) atoms. The van der Waals surface area contributed by atoms with Crippen molar-refractivity contribution in [2.75, 3.05) is 19.6 Å². The molecule has 2 N–H and O–H groups in total. The summed E-state index contributed by atoms with van der Waals surface area (Å²) in [7, 11) is 0. The van der Waals surface area contributed by atoms with Gasteiger partial charge in [0.15, 0.2) is 0 Å². The van der Waals surface area contributed by atoms with Crippen LogP contribution in [0.15, 0.2) is 48.0 Å². The second-order valence-corrected chi connectivity index (χ2v) is 9.66. The van der Waals surface area contributed by atoms with Gasteiger partial charge in [0.05, 0.1) is 6.04 Å². The van der Waals surface area contributed by atoms with Crippen molar-refractivity contribution in [2.45, 2.75) is 39.2 Å². The number of fused-ring (bicyclic) bond motifs is 1. The third-order valence-electron chi connectivity index (χ3n) is 6.06. The van der Waals surface area contributed by atoms with E-state index in [2.05, 4.69) is 77.0 Å². The molecule has 2 aromatic heterocycles. The molecule has 1 amide bonds. The highest BCUT2D eigenvalue weighted by Crippen LogP contribution is 2.33. The first-order chi connectivity index (χ1) is 14.0. The van der Waals surface area contributed by atoms with Gasteiger partial charge in [-0.3, -0.25) is 4.79 Å². The highest BCUT2D eigenvalue weighted by Gasteiger charge is 2.29. The Balaban J connectivity index is 1.49. The Morgan fingerprint density at radius 3 is 2.69 bits per heavy atom. The maximum atomic E-state index is 13.0. The standard InChI is InChI=1S/C24H31N3OS/c1-16-11-17(2)15-27(14-16)24(28)18(3)25-13-21(23-9-6-10-29-23)20-12-26-22-8-5-4-7-19(20)22/h4-10,12,16-18,21,25-26H,11,13-15H2,1-3H3/t16-,17-,18+,21+/m0/s1. The molecule has 0 unspecified atom stereocenters. The normalized spacial score (nSPS) is 22.0. The van der Waals surface area contributed by atoms with Crippen LogP contribution in [0, 0.1) is 11.8 Å². The summed E-state index contributed by atoms with van der Waals surface area (Å²) < 4.78 is 0. The molecule has 0 saturated carbocycles. The fourth-order valence-corrected chi connectivity index (χ4v) is 5.58. The van der Waals surface area contributed by atoms with Crippen LogP contribution in [0.4, 0.5) is 0 Å². The van der Waals surface area contributed by atoms with E-state index in [4.69, 9.17) is 0 Å². The van der Waals surface area contributed by atoms with Crippen LogP contribution in [0.5, 0.6) is 0 Å². The minimum Gasteiger partial charge on any atom is -0.361 e. The van der Waals surface area contributed by atoms with Crippen molar-refractivity contribution in [3.8, 4) is 0 Å². The largest absolute Gasteiger partial charge is 0.361 e. The lowest BCUT2D eigenvalue weighted by Gasteiger charge is -2.36. The van der Waals surface area contributed by atoms with Crippen LogP contribution >= 0.6 is 11.3 Å². The summed E-state index contributed by atoms with van der Waals surface area (Å²) in [5, 5.41) is 6.93. The van der Waals surface area contributed by atoms with E-state index in [0.29, 0.717) is 11.8 Å². The van der Waals surface area contributed by atoms with Gasteiger partial charge in [-0.1, -0.05) is 38.1 Å². The number of aromatic amines is 1. The average molecular weight is 410 g/mol. The van der Waals surface area contributed by atoms with E-state index in [-0.39, 0.29) is 17.9 Å². The number of nitrogens with zero attached hydrogens (tertiary/aromatic N) is 1. The molecule has 5 heteroatoms. The van der Waals surface area contributed by atoms with Crippen LogP contribution in [0.1, 0.15) is 43.6 Å². The number of aromatic nitrogens is 1. The fourth-order valence-electron chi connectivity index (χ4n) is 4.73. The van der Waals surface area contributed by atoms with Gasteiger partial charge in [-0.15, -0.1) is 11.3 Å². The van der Waals surface area contributed by atoms with E-state index in [0.717, 1.165) is 25.2 Å². The van der Waals surface area contributed by atoms with Crippen molar-refractivity contribution >= 4 is 28.1 Å². The summed E-state index contributed by atoms with van der Waals surface area (Å²) in [5.74, 6) is 1.62. The van der Waals surface area contributed by atoms with Gasteiger partial charge in [0.1, 0.15) is 0 Å². The van der Waals surface area contributed by atoms with E-state index in [1.807, 2.05) is 6.92 Å². The third kappa shape index (κ3) is 4.41. The lowest BCUT2D eigenvalue weighted by atomic mass is 9.91. The number of piperidine rings is 1. The zero-order valence-corrected chi connectivity index (χ0v) is 18.3. The molecule has 3 heterocycles. The van der Waals surface area contributed by atoms with Crippen LogP contribution in [-0.2, 0) is 4.79 Å². The second-order valence-electron chi connectivity index (χ2n) is 8.68. The minimum absolute atomic E-state index is 0.180. The smallest absolute Gasteiger partial charge is 0.239 e. The van der Waals surface area contributed by atoms with Gasteiger partial charge in [-0.05, 0) is 48.3 Å². The Bertz CT molecular complexity index is 938. The summed E-state index contributed by atoms with van der Waals surface area (Å²) in [6, 6.07) is 12.5. The number of hydrogen-bond acceptors (Lipinski definition) is 3. The minimum atomic E-state index is -0.180. The maximum Gasteiger partial charge on any atom is 0.239 e. The van der Waals surface area contributed by atoms with E-state index in [1.165, 1.54) is 22.2 Å². The summed E-state index contributed by atoms with van der Waals surface area (Å²) >= 11 is 1.78. The van der Waals surface area contributed by atoms with Gasteiger partial charge < -0.3 is 15.2 Å². The Morgan fingerprint density at radius 1 is 1.21 bits per heavy atom. The number of benzene rings is 1. The highest BCUT2D eigenvalue weighted by atomic mass is 32.1. The molecule has 1 aliphatic rings. The molecule has 1 aromatic carbocycles. The Morgan fingerprint density at radius 2 is 1.97 bits per heavy atom. The molecule has 4 rings (SSSR count). The van der Waals surface area contributed by atoms with Gasteiger partial charge in [-0.25, -0.2) is 0 Å². The van der Waals surface area contributed by atoms with Gasteiger partial charge in [-0.2, -0.15) is 0 Å². The lowest BCUT2D eigenvalue weighted by molar-refractivity contribution is -0.135. The summed E-state index contributed by atoms with van der Waals surface area (Å²) in [5.41, 5.74) is 2.44. The summed E-state index contributed by atoms with van der Waals surface area (Å²) in [4.78, 5) is 19.8. The van der Waals surface area contributed by atoms with Gasteiger partial charge in [0.25, 0.3) is 0 Å². The van der Waals surface area contributed by atoms with E-state index < -0.39 is 0 Å². The number of hydrogen-bond donors (Lipinski definition) is 2. The molecular weight excluding hydrogens is 378 g/mol. The van der Waals surface area contributed by atoms with Crippen molar-refractivity contribution in [3.05, 3.63) is 58.4 Å². The van der Waals surface area contributed by atoms with Crippen LogP contribution in [-0.4, -0.2) is 41.5 Å². The summed E-state index contributed by atoms with van der Waals surface area (Å²) in [6.45, 7) is 9.01. The van der Waals surface area contributed by atoms with Crippen LogP contribution in [0.3, 0.4) is 0 Å². The number of amides is 1. The molecule has 0 radical (unpaired) electrons. The first-order valence-electron chi connectivity index (χ1n) is 10.6. The maximum absolute atomic E-state index is 13.0. The number of thiophene rings is 1. The van der Waals surface area contributed by atoms with E-state index in [1.54, 1.807) is 11.3 Å². The van der Waals surface area contributed by atoms with Gasteiger partial charge in [0, 0.05) is 47.5 Å². The molecule has 4 nitrogen and oxygen atoms in total. The predicted octanol–water partition coefficient (Wildman–Crippen LogP) is 4.84. The fraction of sp³-hybridized carbons (Fsp3) is 0.458. The number of likely N-dealkylation sites (tertiary alicyclic amines) is 1. The van der Waals surface area contributed by atoms with Crippen molar-refractivity contribution < 1.29 is 4.79 Å². The Labute approximate surface area is 177 Å². The van der Waals surface area contributed by atoms with Crippen molar-refractivity contribution in [1.29, 1.82) is 0 Å². The number of H-pyrrole nitrogens is 1. The third-order valence-corrected chi connectivity index (χ3v) is 7.05. The predicted molar refractivity (Wildman–Crippen MR) is 121 cm³/mol. The van der Waals surface area contributed by atoms with Crippen LogP contribution in [0.25, 0.3) is 10.9 Å². The molecule has 4 atom stereocenters. The molecular formula is C24H31N3OS. The second kappa shape index (κ2) is 8.72. The molecule has 1 saturated heterocycles. The highest BCUT2D eigenvalue weighted by molar-refractivity contribution is 7.10. The van der Waals surface area contributed by atoms with Gasteiger partial charge in [0.2, 0.25) is 5.91 Å². The molecule has 3 aromatic rings. The van der Waals surface area contributed by atoms with Crippen LogP contribution < -0.4 is 5.32 Å². The zero-order valence-electron chi connectivity index (χ0n) is 17.5. The number of carbonyl (C=O) groups excluding carboxylic acids is 1. The summed E-state index contributed by atoms with van der Waals surface area (Å²) in [6.07, 6.45) is 3.34. The quantitative estimate of drug-likeness (QED) is 0.612. The first-order valence-corrected chi connectivity index (χ1v) is 11.5. The average Bonchev–Trinajstić information content (AvgIpc) is 3.37. The van der Waals surface area contributed by atoms with Crippen molar-refractivity contribution in [2.24, 2.45) is 11.8 Å². The lowest BCUT2D eigenvalue weighted by Crippen LogP contribution is -2.50. The van der Waals surface area contributed by atoms with E-state index >= 15 is 0 Å². The Kier molecular flexibility index (Phi) is 6.07. The Hall–Kier alpha value is -2.11. The number of carbonyl (C=O) groups is 1. The molecule has 0 aliphatic carbocycles. The van der Waals surface area contributed by atoms with Crippen molar-refractivity contribution in [1.82, 2.24) is 15.2 Å². The van der Waals surface area contributed by atoms with Gasteiger partial charge >= 0.3 is 0 Å². The monoisotopic (exact) mass is 409 g/mol. The van der Waals surface area contributed by atoms with Crippen molar-refractivity contribution in [3.63, 3.8) is 0 Å². The molecule has 154 valence electrons. The number of nitrogens with one attached hydrogen (secondary N) is 2. The molecule has 1 aliphatic heterocycles.